The van der Waals surface area contributed by atoms with E-state index in [9.17, 15) is 0 Å². The van der Waals surface area contributed by atoms with Crippen LogP contribution < -0.4 is 10.6 Å². The molecule has 3 aromatic rings. The molecule has 0 aliphatic rings. The third-order valence-corrected chi connectivity index (χ3v) is 6.25. The summed E-state index contributed by atoms with van der Waals surface area (Å²) in [5.74, 6) is 0. The molecule has 0 spiro atoms. The van der Waals surface area contributed by atoms with Gasteiger partial charge in [-0.05, 0) is 62.3 Å². The molecule has 0 saturated carbocycles. The predicted octanol–water partition coefficient (Wildman–Crippen LogP) is 3.41. The van der Waals surface area contributed by atoms with Gasteiger partial charge in [-0.15, -0.1) is 0 Å². The van der Waals surface area contributed by atoms with Crippen molar-refractivity contribution in [3.05, 3.63) is 45.7 Å². The fourth-order valence-electron chi connectivity index (χ4n) is 3.15. The van der Waals surface area contributed by atoms with Crippen molar-refractivity contribution in [2.75, 3.05) is 11.9 Å². The standard InChI is InChI=1S/C19H27BrN8S/c1-5-27-14(3)16(9-23-27)11-26-12-17(10-22-26)24-19(29)21-7-6-8-28-15(4)18(20)13(2)25-28/h9-10,12H,5-8,11H2,1-4H3,(H2,21,24,29). The van der Waals surface area contributed by atoms with Crippen LogP contribution in [-0.4, -0.2) is 41.0 Å². The van der Waals surface area contributed by atoms with Crippen LogP contribution in [0.2, 0.25) is 0 Å². The van der Waals surface area contributed by atoms with Crippen molar-refractivity contribution >= 4 is 38.9 Å². The van der Waals surface area contributed by atoms with Crippen molar-refractivity contribution in [1.29, 1.82) is 0 Å². The molecule has 0 aromatic carbocycles. The van der Waals surface area contributed by atoms with Crippen LogP contribution >= 0.6 is 28.1 Å². The van der Waals surface area contributed by atoms with Crippen molar-refractivity contribution in [1.82, 2.24) is 34.7 Å². The number of nitrogens with one attached hydrogen (secondary N) is 2. The van der Waals surface area contributed by atoms with Crippen molar-refractivity contribution in [2.45, 2.75) is 53.8 Å². The highest BCUT2D eigenvalue weighted by atomic mass is 79.9. The minimum absolute atomic E-state index is 0.592. The second-order valence-corrected chi connectivity index (χ2v) is 8.14. The summed E-state index contributed by atoms with van der Waals surface area (Å²) in [6.07, 6.45) is 6.56. The molecule has 0 amide bonds. The molecule has 0 fully saturated rings. The van der Waals surface area contributed by atoms with Gasteiger partial charge in [-0.2, -0.15) is 15.3 Å². The molecule has 156 valence electrons. The molecular weight excluding hydrogens is 452 g/mol. The first kappa shape index (κ1) is 21.5. The minimum atomic E-state index is 0.592. The second kappa shape index (κ2) is 9.53. The fourth-order valence-corrected chi connectivity index (χ4v) is 3.65. The molecule has 2 N–H and O–H groups in total. The number of aryl methyl sites for hydroxylation is 3. The van der Waals surface area contributed by atoms with Crippen LogP contribution in [0, 0.1) is 20.8 Å². The first-order chi connectivity index (χ1) is 13.9. The van der Waals surface area contributed by atoms with Gasteiger partial charge >= 0.3 is 0 Å². The quantitative estimate of drug-likeness (QED) is 0.381. The largest absolute Gasteiger partial charge is 0.362 e. The molecule has 0 saturated heterocycles. The van der Waals surface area contributed by atoms with E-state index < -0.39 is 0 Å². The molecule has 0 radical (unpaired) electrons. The molecule has 0 atom stereocenters. The summed E-state index contributed by atoms with van der Waals surface area (Å²) in [6.45, 7) is 11.4. The number of anilines is 1. The van der Waals surface area contributed by atoms with Gasteiger partial charge in [-0.25, -0.2) is 0 Å². The maximum Gasteiger partial charge on any atom is 0.170 e. The third-order valence-electron chi connectivity index (χ3n) is 4.85. The lowest BCUT2D eigenvalue weighted by Gasteiger charge is -2.09. The van der Waals surface area contributed by atoms with Gasteiger partial charge in [0.15, 0.2) is 5.11 Å². The smallest absolute Gasteiger partial charge is 0.170 e. The van der Waals surface area contributed by atoms with Crippen LogP contribution in [0.5, 0.6) is 0 Å². The SMILES string of the molecule is CCn1ncc(Cn2cc(NC(=S)NCCCn3nc(C)c(Br)c3C)cn2)c1C. The summed E-state index contributed by atoms with van der Waals surface area (Å²) in [5.41, 5.74) is 5.37. The summed E-state index contributed by atoms with van der Waals surface area (Å²) in [7, 11) is 0. The topological polar surface area (TPSA) is 77.5 Å². The summed E-state index contributed by atoms with van der Waals surface area (Å²) in [4.78, 5) is 0. The Hall–Kier alpha value is -2.20. The van der Waals surface area contributed by atoms with Gasteiger partial charge in [0.25, 0.3) is 0 Å². The molecular formula is C19H27BrN8S. The van der Waals surface area contributed by atoms with Crippen LogP contribution in [0.1, 0.15) is 36.0 Å². The second-order valence-electron chi connectivity index (χ2n) is 6.94. The average Bonchev–Trinajstić information content (AvgIpc) is 3.35. The molecule has 29 heavy (non-hydrogen) atoms. The number of halogens is 1. The summed E-state index contributed by atoms with van der Waals surface area (Å²) >= 11 is 8.95. The van der Waals surface area contributed by atoms with Crippen LogP contribution in [-0.2, 0) is 19.6 Å². The third kappa shape index (κ3) is 5.24. The summed E-state index contributed by atoms with van der Waals surface area (Å²) < 4.78 is 6.97. The number of hydrogen-bond donors (Lipinski definition) is 2. The highest BCUT2D eigenvalue weighted by Crippen LogP contribution is 2.19. The first-order valence-electron chi connectivity index (χ1n) is 9.67. The van der Waals surface area contributed by atoms with Crippen molar-refractivity contribution in [3.63, 3.8) is 0 Å². The zero-order chi connectivity index (χ0) is 21.0. The Balaban J connectivity index is 1.44. The molecule has 10 heteroatoms. The Morgan fingerprint density at radius 1 is 1.14 bits per heavy atom. The van der Waals surface area contributed by atoms with Crippen LogP contribution in [0.4, 0.5) is 5.69 Å². The number of nitrogens with zero attached hydrogens (tertiary/aromatic N) is 6. The van der Waals surface area contributed by atoms with E-state index in [1.807, 2.05) is 33.4 Å². The first-order valence-corrected chi connectivity index (χ1v) is 10.9. The fraction of sp³-hybridized carbons (Fsp3) is 0.474. The van der Waals surface area contributed by atoms with E-state index >= 15 is 0 Å². The predicted molar refractivity (Wildman–Crippen MR) is 122 cm³/mol. The van der Waals surface area contributed by atoms with Crippen LogP contribution in [0.15, 0.2) is 23.1 Å². The van der Waals surface area contributed by atoms with E-state index in [1.165, 1.54) is 5.69 Å². The van der Waals surface area contributed by atoms with E-state index in [0.29, 0.717) is 11.7 Å². The molecule has 0 aliphatic heterocycles. The number of rotatable bonds is 8. The minimum Gasteiger partial charge on any atom is -0.362 e. The molecule has 3 aromatic heterocycles. The Morgan fingerprint density at radius 2 is 1.93 bits per heavy atom. The summed E-state index contributed by atoms with van der Waals surface area (Å²) in [5, 5.41) is 20.3. The highest BCUT2D eigenvalue weighted by molar-refractivity contribution is 9.10. The Morgan fingerprint density at radius 3 is 2.59 bits per heavy atom. The zero-order valence-corrected chi connectivity index (χ0v) is 19.6. The van der Waals surface area contributed by atoms with Gasteiger partial charge in [0.05, 0.1) is 34.8 Å². The Labute approximate surface area is 184 Å². The maximum atomic E-state index is 5.39. The lowest BCUT2D eigenvalue weighted by atomic mass is 10.2. The van der Waals surface area contributed by atoms with Gasteiger partial charge in [0.1, 0.15) is 0 Å². The number of thiocarbonyl (C=S) groups is 1. The molecule has 0 unspecified atom stereocenters. The van der Waals surface area contributed by atoms with E-state index in [2.05, 4.69) is 62.6 Å². The summed E-state index contributed by atoms with van der Waals surface area (Å²) in [6, 6.07) is 0. The van der Waals surface area contributed by atoms with Crippen molar-refractivity contribution in [2.24, 2.45) is 0 Å². The lowest BCUT2D eigenvalue weighted by molar-refractivity contribution is 0.558. The zero-order valence-electron chi connectivity index (χ0n) is 17.2. The monoisotopic (exact) mass is 478 g/mol. The molecule has 8 nitrogen and oxygen atoms in total. The Bertz CT molecular complexity index is 987. The van der Waals surface area contributed by atoms with Crippen molar-refractivity contribution < 1.29 is 0 Å². The Kier molecular flexibility index (Phi) is 7.07. The van der Waals surface area contributed by atoms with Crippen LogP contribution in [0.25, 0.3) is 0 Å². The highest BCUT2D eigenvalue weighted by Gasteiger charge is 2.09. The normalized spacial score (nSPS) is 11.1. The van der Waals surface area contributed by atoms with E-state index in [0.717, 1.165) is 53.2 Å². The molecule has 0 bridgehead atoms. The number of aromatic nitrogens is 6. The number of hydrogen-bond acceptors (Lipinski definition) is 4. The van der Waals surface area contributed by atoms with E-state index in [4.69, 9.17) is 12.2 Å². The lowest BCUT2D eigenvalue weighted by Crippen LogP contribution is -2.29. The van der Waals surface area contributed by atoms with E-state index in [-0.39, 0.29) is 0 Å². The van der Waals surface area contributed by atoms with Gasteiger partial charge in [0.2, 0.25) is 0 Å². The molecule has 3 rings (SSSR count). The average molecular weight is 479 g/mol. The van der Waals surface area contributed by atoms with Gasteiger partial charge in [-0.3, -0.25) is 14.0 Å². The molecule has 0 aliphatic carbocycles. The van der Waals surface area contributed by atoms with Gasteiger partial charge < -0.3 is 10.6 Å². The van der Waals surface area contributed by atoms with Crippen molar-refractivity contribution in [3.8, 4) is 0 Å². The van der Waals surface area contributed by atoms with Crippen LogP contribution in [0.3, 0.4) is 0 Å². The maximum absolute atomic E-state index is 5.39. The van der Waals surface area contributed by atoms with Gasteiger partial charge in [-0.1, -0.05) is 0 Å². The van der Waals surface area contributed by atoms with E-state index in [1.54, 1.807) is 6.20 Å². The van der Waals surface area contributed by atoms with Gasteiger partial charge in [0, 0.05) is 42.8 Å². The molecule has 3 heterocycles.